The Hall–Kier alpha value is -1.02. The number of nitrogens with two attached hydrogens (primary N) is 1. The lowest BCUT2D eigenvalue weighted by Crippen LogP contribution is -2.52. The van der Waals surface area contributed by atoms with E-state index in [1.807, 2.05) is 6.07 Å². The van der Waals surface area contributed by atoms with Crippen molar-refractivity contribution in [2.45, 2.75) is 83.1 Å². The van der Waals surface area contributed by atoms with Crippen LogP contribution in [0.5, 0.6) is 0 Å². The third-order valence-corrected chi connectivity index (χ3v) is 6.75. The first-order valence-corrected chi connectivity index (χ1v) is 10.3. The average molecular weight is 329 g/mol. The van der Waals surface area contributed by atoms with E-state index in [9.17, 15) is 0 Å². The molecular formula is C22H36N2. The van der Waals surface area contributed by atoms with Gasteiger partial charge in [0.1, 0.15) is 0 Å². The van der Waals surface area contributed by atoms with Crippen molar-refractivity contribution in [2.75, 3.05) is 18.8 Å². The summed E-state index contributed by atoms with van der Waals surface area (Å²) < 4.78 is 0. The number of piperidine rings is 1. The number of rotatable bonds is 7. The second-order valence-electron chi connectivity index (χ2n) is 8.32. The molecule has 1 heterocycles. The van der Waals surface area contributed by atoms with Gasteiger partial charge in [-0.3, -0.25) is 0 Å². The minimum atomic E-state index is 0.403. The summed E-state index contributed by atoms with van der Waals surface area (Å²) in [6.07, 6.45) is 12.3. The van der Waals surface area contributed by atoms with Gasteiger partial charge < -0.3 is 10.6 Å². The van der Waals surface area contributed by atoms with Gasteiger partial charge in [-0.25, -0.2) is 0 Å². The first-order valence-electron chi connectivity index (χ1n) is 10.3. The molecule has 2 bridgehead atoms. The van der Waals surface area contributed by atoms with Crippen LogP contribution in [-0.2, 0) is 5.41 Å². The van der Waals surface area contributed by atoms with Crippen LogP contribution in [0.15, 0.2) is 24.3 Å². The summed E-state index contributed by atoms with van der Waals surface area (Å²) in [7, 11) is 0. The molecule has 2 fully saturated rings. The van der Waals surface area contributed by atoms with E-state index in [0.29, 0.717) is 5.41 Å². The molecular weight excluding hydrogens is 292 g/mol. The molecule has 1 aromatic carbocycles. The van der Waals surface area contributed by atoms with Crippen molar-refractivity contribution in [1.29, 1.82) is 0 Å². The number of benzene rings is 1. The van der Waals surface area contributed by atoms with Crippen LogP contribution in [0.3, 0.4) is 0 Å². The lowest BCUT2D eigenvalue weighted by Gasteiger charge is -2.51. The molecule has 1 aromatic rings. The summed E-state index contributed by atoms with van der Waals surface area (Å²) in [4.78, 5) is 2.84. The van der Waals surface area contributed by atoms with Crippen LogP contribution in [-0.4, -0.2) is 24.0 Å². The fourth-order valence-electron chi connectivity index (χ4n) is 5.17. The van der Waals surface area contributed by atoms with Gasteiger partial charge in [0.2, 0.25) is 0 Å². The maximum atomic E-state index is 6.08. The number of hydrogen-bond donors (Lipinski definition) is 1. The van der Waals surface area contributed by atoms with Crippen molar-refractivity contribution >= 4 is 5.69 Å². The molecule has 1 aliphatic carbocycles. The Morgan fingerprint density at radius 2 is 2.17 bits per heavy atom. The smallest absolute Gasteiger partial charge is 0.0316 e. The van der Waals surface area contributed by atoms with Crippen LogP contribution in [0.4, 0.5) is 5.69 Å². The van der Waals surface area contributed by atoms with Gasteiger partial charge in [-0.1, -0.05) is 51.7 Å². The van der Waals surface area contributed by atoms with Crippen molar-refractivity contribution in [2.24, 2.45) is 5.92 Å². The number of nitrogens with zero attached hydrogens (tertiary/aromatic N) is 1. The van der Waals surface area contributed by atoms with E-state index in [2.05, 4.69) is 36.9 Å². The Labute approximate surface area is 148 Å². The van der Waals surface area contributed by atoms with E-state index in [1.165, 1.54) is 76.4 Å². The third kappa shape index (κ3) is 3.79. The normalized spacial score (nSPS) is 28.7. The molecule has 134 valence electrons. The molecule has 24 heavy (non-hydrogen) atoms. The molecule has 2 aliphatic rings. The minimum Gasteiger partial charge on any atom is -0.399 e. The summed E-state index contributed by atoms with van der Waals surface area (Å²) in [5.41, 5.74) is 8.91. The third-order valence-electron chi connectivity index (χ3n) is 6.75. The molecule has 1 saturated carbocycles. The zero-order valence-electron chi connectivity index (χ0n) is 15.8. The van der Waals surface area contributed by atoms with Crippen LogP contribution in [0.25, 0.3) is 0 Å². The van der Waals surface area contributed by atoms with Crippen LogP contribution in [0, 0.1) is 5.92 Å². The monoisotopic (exact) mass is 328 g/mol. The largest absolute Gasteiger partial charge is 0.399 e. The summed E-state index contributed by atoms with van der Waals surface area (Å²) in [5.74, 6) is 0.895. The highest BCUT2D eigenvalue weighted by atomic mass is 15.2. The summed E-state index contributed by atoms with van der Waals surface area (Å²) in [5, 5.41) is 0. The Morgan fingerprint density at radius 1 is 1.29 bits per heavy atom. The standard InChI is InChI=1S/C22H36N2/c1-3-5-8-18(4-2)17-24-14-13-22(12-7-11-21(24)16-22)19-9-6-10-20(23)15-19/h6,9-10,15,18,21H,3-5,7-8,11-14,16-17,23H2,1-2H3. The lowest BCUT2D eigenvalue weighted by molar-refractivity contribution is 0.0384. The van der Waals surface area contributed by atoms with Gasteiger partial charge in [0.05, 0.1) is 0 Å². The number of fused-ring (bicyclic) bond motifs is 2. The molecule has 1 saturated heterocycles. The second-order valence-corrected chi connectivity index (χ2v) is 8.32. The summed E-state index contributed by atoms with van der Waals surface area (Å²) >= 11 is 0. The van der Waals surface area contributed by atoms with Crippen molar-refractivity contribution in [3.8, 4) is 0 Å². The Kier molecular flexibility index (Phi) is 5.86. The molecule has 2 N–H and O–H groups in total. The molecule has 0 spiro atoms. The van der Waals surface area contributed by atoms with E-state index >= 15 is 0 Å². The molecule has 3 rings (SSSR count). The van der Waals surface area contributed by atoms with Gasteiger partial charge in [0.25, 0.3) is 0 Å². The SMILES string of the molecule is CCCCC(CC)CN1CCC2(c3cccc(N)c3)CCCC1C2. The average Bonchev–Trinajstić information content (AvgIpc) is 2.61. The van der Waals surface area contributed by atoms with Gasteiger partial charge in [0.15, 0.2) is 0 Å². The zero-order chi connectivity index (χ0) is 17.0. The van der Waals surface area contributed by atoms with Gasteiger partial charge in [-0.2, -0.15) is 0 Å². The van der Waals surface area contributed by atoms with Gasteiger partial charge >= 0.3 is 0 Å². The first-order chi connectivity index (χ1) is 11.7. The van der Waals surface area contributed by atoms with Crippen LogP contribution >= 0.6 is 0 Å². The first kappa shape index (κ1) is 17.8. The highest BCUT2D eigenvalue weighted by molar-refractivity contribution is 5.44. The van der Waals surface area contributed by atoms with Crippen LogP contribution in [0.1, 0.15) is 77.2 Å². The van der Waals surface area contributed by atoms with E-state index in [4.69, 9.17) is 5.73 Å². The summed E-state index contributed by atoms with van der Waals surface area (Å²) in [6, 6.07) is 9.53. The van der Waals surface area contributed by atoms with Gasteiger partial charge in [0, 0.05) is 18.3 Å². The molecule has 0 amide bonds. The number of unbranched alkanes of at least 4 members (excludes halogenated alkanes) is 1. The molecule has 3 unspecified atom stereocenters. The maximum absolute atomic E-state index is 6.08. The molecule has 0 radical (unpaired) electrons. The zero-order valence-corrected chi connectivity index (χ0v) is 15.8. The molecule has 2 nitrogen and oxygen atoms in total. The van der Waals surface area contributed by atoms with Crippen LogP contribution in [0.2, 0.25) is 0 Å². The van der Waals surface area contributed by atoms with Crippen LogP contribution < -0.4 is 5.73 Å². The topological polar surface area (TPSA) is 29.3 Å². The fourth-order valence-corrected chi connectivity index (χ4v) is 5.17. The van der Waals surface area contributed by atoms with Crippen molar-refractivity contribution in [3.05, 3.63) is 29.8 Å². The molecule has 0 aromatic heterocycles. The van der Waals surface area contributed by atoms with Crippen molar-refractivity contribution in [3.63, 3.8) is 0 Å². The number of nitrogen functional groups attached to an aromatic ring is 1. The van der Waals surface area contributed by atoms with E-state index in [0.717, 1.165) is 17.6 Å². The predicted molar refractivity (Wildman–Crippen MR) is 104 cm³/mol. The van der Waals surface area contributed by atoms with E-state index in [-0.39, 0.29) is 0 Å². The van der Waals surface area contributed by atoms with Gasteiger partial charge in [-0.05, 0) is 67.7 Å². The Bertz CT molecular complexity index is 526. The van der Waals surface area contributed by atoms with Crippen molar-refractivity contribution < 1.29 is 0 Å². The van der Waals surface area contributed by atoms with E-state index < -0.39 is 0 Å². The van der Waals surface area contributed by atoms with E-state index in [1.54, 1.807) is 0 Å². The van der Waals surface area contributed by atoms with Crippen molar-refractivity contribution in [1.82, 2.24) is 4.90 Å². The highest BCUT2D eigenvalue weighted by Crippen LogP contribution is 2.47. The number of hydrogen-bond acceptors (Lipinski definition) is 2. The second kappa shape index (κ2) is 7.91. The number of likely N-dealkylation sites (tertiary alicyclic amines) is 1. The highest BCUT2D eigenvalue weighted by Gasteiger charge is 2.43. The fraction of sp³-hybridized carbons (Fsp3) is 0.727. The minimum absolute atomic E-state index is 0.403. The molecule has 1 aliphatic heterocycles. The van der Waals surface area contributed by atoms with Gasteiger partial charge in [-0.15, -0.1) is 0 Å². The quantitative estimate of drug-likeness (QED) is 0.682. The Balaban J connectivity index is 1.68. The predicted octanol–water partition coefficient (Wildman–Crippen LogP) is 5.37. The summed E-state index contributed by atoms with van der Waals surface area (Å²) in [6.45, 7) is 7.30. The number of anilines is 1. The lowest BCUT2D eigenvalue weighted by atomic mass is 9.63. The molecule has 3 atom stereocenters. The Morgan fingerprint density at radius 3 is 2.92 bits per heavy atom. The molecule has 2 heteroatoms. The maximum Gasteiger partial charge on any atom is 0.0316 e.